The second kappa shape index (κ2) is 15.2. The first kappa shape index (κ1) is 36.5. The van der Waals surface area contributed by atoms with Crippen molar-refractivity contribution < 1.29 is 17.6 Å². The lowest BCUT2D eigenvalue weighted by Gasteiger charge is -2.12. The molecule has 286 valence electrons. The van der Waals surface area contributed by atoms with Gasteiger partial charge in [-0.3, -0.25) is 0 Å². The number of fused-ring (bicyclic) bond motifs is 2. The monoisotopic (exact) mass is 786 g/mol. The van der Waals surface area contributed by atoms with Gasteiger partial charge in [-0.1, -0.05) is 60.7 Å². The third-order valence-electron chi connectivity index (χ3n) is 10.6. The molecule has 0 atom stereocenters. The first-order valence-electron chi connectivity index (χ1n) is 19.2. The second-order valence-corrected chi connectivity index (χ2v) is 14.4. The number of hydrogen-bond acceptors (Lipinski definition) is 4. The molecule has 0 saturated heterocycles. The SMILES string of the molecule is Fc1ccc(-c2nc3ccc(-c4ccc(-c5ccc(-c6ccc7nc(-c8ccc(F)cc8)c(-c8ccc(F)cc8)nc7c6)cc5)cc4)cc3nc2-c2ccc(F)cc2)cc1. The van der Waals surface area contributed by atoms with Crippen molar-refractivity contribution in [3.63, 3.8) is 0 Å². The molecule has 2 aromatic heterocycles. The molecule has 4 nitrogen and oxygen atoms in total. The molecule has 2 heterocycles. The molecule has 0 radical (unpaired) electrons. The van der Waals surface area contributed by atoms with Gasteiger partial charge in [0, 0.05) is 22.3 Å². The largest absolute Gasteiger partial charge is 0.244 e. The quantitative estimate of drug-likeness (QED) is 0.151. The number of halogens is 4. The third kappa shape index (κ3) is 7.16. The van der Waals surface area contributed by atoms with E-state index in [0.717, 1.165) is 33.4 Å². The Morgan fingerprint density at radius 3 is 0.667 bits per heavy atom. The van der Waals surface area contributed by atoms with Crippen molar-refractivity contribution in [2.75, 3.05) is 0 Å². The molecule has 0 aliphatic carbocycles. The highest BCUT2D eigenvalue weighted by Crippen LogP contribution is 2.36. The highest BCUT2D eigenvalue weighted by atomic mass is 19.1. The summed E-state index contributed by atoms with van der Waals surface area (Å²) in [5, 5.41) is 0. The molecule has 60 heavy (non-hydrogen) atoms. The van der Waals surface area contributed by atoms with Gasteiger partial charge in [0.2, 0.25) is 0 Å². The topological polar surface area (TPSA) is 51.6 Å². The van der Waals surface area contributed by atoms with Gasteiger partial charge < -0.3 is 0 Å². The summed E-state index contributed by atoms with van der Waals surface area (Å²) in [4.78, 5) is 19.9. The molecule has 8 heteroatoms. The van der Waals surface area contributed by atoms with Crippen LogP contribution in [0, 0.1) is 23.3 Å². The maximum Gasteiger partial charge on any atom is 0.123 e. The fourth-order valence-electron chi connectivity index (χ4n) is 7.41. The molecule has 0 saturated carbocycles. The van der Waals surface area contributed by atoms with E-state index in [9.17, 15) is 17.6 Å². The van der Waals surface area contributed by atoms with Crippen LogP contribution in [0.1, 0.15) is 0 Å². The number of hydrogen-bond donors (Lipinski definition) is 0. The second-order valence-electron chi connectivity index (χ2n) is 14.4. The number of benzene rings is 8. The predicted molar refractivity (Wildman–Crippen MR) is 231 cm³/mol. The fourth-order valence-corrected chi connectivity index (χ4v) is 7.41. The maximum absolute atomic E-state index is 13.9. The zero-order valence-electron chi connectivity index (χ0n) is 31.6. The summed E-state index contributed by atoms with van der Waals surface area (Å²) in [6.45, 7) is 0. The molecule has 10 aromatic rings. The standard InChI is InChI=1S/C52H30F4N4/c53-41-19-9-35(10-20-41)49-51(37-13-23-43(55)24-14-37)59-47-29-39(17-27-45(47)57-49)33-5-1-31(2-6-33)32-3-7-34(8-4-32)40-18-28-46-48(30-40)60-52(38-15-25-44(56)26-16-38)50(58-46)36-11-21-42(54)22-12-36/h1-30H. The summed E-state index contributed by atoms with van der Waals surface area (Å²) in [5.74, 6) is -1.39. The average Bonchev–Trinajstić information content (AvgIpc) is 3.29. The minimum absolute atomic E-state index is 0.347. The van der Waals surface area contributed by atoms with Crippen molar-refractivity contribution in [1.29, 1.82) is 0 Å². The Kier molecular flexibility index (Phi) is 9.22. The van der Waals surface area contributed by atoms with E-state index >= 15 is 0 Å². The van der Waals surface area contributed by atoms with Crippen molar-refractivity contribution in [3.05, 3.63) is 205 Å². The van der Waals surface area contributed by atoms with Crippen LogP contribution in [-0.2, 0) is 0 Å². The molecule has 0 fully saturated rings. The Balaban J connectivity index is 0.934. The lowest BCUT2D eigenvalue weighted by atomic mass is 9.97. The van der Waals surface area contributed by atoms with Crippen molar-refractivity contribution in [2.45, 2.75) is 0 Å². The van der Waals surface area contributed by atoms with Crippen LogP contribution in [0.4, 0.5) is 17.6 Å². The highest BCUT2D eigenvalue weighted by molar-refractivity contribution is 5.90. The Labute approximate surface area is 342 Å². The van der Waals surface area contributed by atoms with Gasteiger partial charge in [-0.15, -0.1) is 0 Å². The Morgan fingerprint density at radius 1 is 0.200 bits per heavy atom. The maximum atomic E-state index is 13.9. The van der Waals surface area contributed by atoms with Crippen molar-refractivity contribution in [3.8, 4) is 78.4 Å². The lowest BCUT2D eigenvalue weighted by molar-refractivity contribution is 0.627. The van der Waals surface area contributed by atoms with E-state index in [1.54, 1.807) is 48.5 Å². The summed E-state index contributed by atoms with van der Waals surface area (Å²) < 4.78 is 55.3. The summed E-state index contributed by atoms with van der Waals surface area (Å²) in [5.41, 5.74) is 13.9. The molecule has 0 bridgehead atoms. The van der Waals surface area contributed by atoms with Crippen molar-refractivity contribution in [2.24, 2.45) is 0 Å². The molecule has 0 aliphatic heterocycles. The van der Waals surface area contributed by atoms with Crippen LogP contribution in [-0.4, -0.2) is 19.9 Å². The lowest BCUT2D eigenvalue weighted by Crippen LogP contribution is -1.96. The summed E-state index contributed by atoms with van der Waals surface area (Å²) in [6.07, 6.45) is 0. The minimum Gasteiger partial charge on any atom is -0.244 e. The van der Waals surface area contributed by atoms with E-state index in [-0.39, 0.29) is 23.3 Å². The Hall–Kier alpha value is -7.84. The van der Waals surface area contributed by atoms with Crippen LogP contribution in [0.2, 0.25) is 0 Å². The van der Waals surface area contributed by atoms with Crippen LogP contribution in [0.5, 0.6) is 0 Å². The summed E-state index contributed by atoms with van der Waals surface area (Å²) in [6, 6.07) is 53.0. The third-order valence-corrected chi connectivity index (χ3v) is 10.6. The van der Waals surface area contributed by atoms with Gasteiger partial charge in [0.05, 0.1) is 44.8 Å². The molecular formula is C52H30F4N4. The molecule has 8 aromatic carbocycles. The molecule has 0 amide bonds. The molecule has 0 N–H and O–H groups in total. The van der Waals surface area contributed by atoms with Gasteiger partial charge >= 0.3 is 0 Å². The van der Waals surface area contributed by atoms with E-state index in [4.69, 9.17) is 19.9 Å². The van der Waals surface area contributed by atoms with Crippen LogP contribution in [0.25, 0.3) is 100 Å². The van der Waals surface area contributed by atoms with Gasteiger partial charge in [0.1, 0.15) is 23.3 Å². The van der Waals surface area contributed by atoms with Crippen LogP contribution in [0.3, 0.4) is 0 Å². The van der Waals surface area contributed by atoms with Gasteiger partial charge in [-0.25, -0.2) is 37.5 Å². The van der Waals surface area contributed by atoms with E-state index in [1.165, 1.54) is 48.5 Å². The van der Waals surface area contributed by atoms with E-state index < -0.39 is 0 Å². The van der Waals surface area contributed by atoms with Gasteiger partial charge in [0.15, 0.2) is 0 Å². The van der Waals surface area contributed by atoms with Crippen LogP contribution >= 0.6 is 0 Å². The summed E-state index contributed by atoms with van der Waals surface area (Å²) in [7, 11) is 0. The number of rotatable bonds is 7. The van der Waals surface area contributed by atoms with Gasteiger partial charge in [-0.05, 0) is 155 Å². The van der Waals surface area contributed by atoms with Gasteiger partial charge in [-0.2, -0.15) is 0 Å². The minimum atomic E-state index is -0.351. The normalized spacial score (nSPS) is 11.3. The number of aromatic nitrogens is 4. The Morgan fingerprint density at radius 2 is 0.400 bits per heavy atom. The molecule has 0 spiro atoms. The zero-order valence-corrected chi connectivity index (χ0v) is 31.6. The summed E-state index contributed by atoms with van der Waals surface area (Å²) >= 11 is 0. The predicted octanol–water partition coefficient (Wildman–Crippen LogP) is 13.8. The molecule has 10 rings (SSSR count). The molecule has 0 unspecified atom stereocenters. The van der Waals surface area contributed by atoms with E-state index in [0.29, 0.717) is 67.1 Å². The van der Waals surface area contributed by atoms with Crippen LogP contribution in [0.15, 0.2) is 182 Å². The fraction of sp³-hybridized carbons (Fsp3) is 0. The van der Waals surface area contributed by atoms with Gasteiger partial charge in [0.25, 0.3) is 0 Å². The van der Waals surface area contributed by atoms with E-state index in [1.807, 2.05) is 36.4 Å². The van der Waals surface area contributed by atoms with Crippen molar-refractivity contribution >= 4 is 22.1 Å². The average molecular weight is 787 g/mol. The smallest absolute Gasteiger partial charge is 0.123 e. The number of nitrogens with zero attached hydrogens (tertiary/aromatic N) is 4. The first-order chi connectivity index (χ1) is 29.3. The first-order valence-corrected chi connectivity index (χ1v) is 19.2. The molecular weight excluding hydrogens is 757 g/mol. The highest BCUT2D eigenvalue weighted by Gasteiger charge is 2.17. The molecule has 0 aliphatic rings. The van der Waals surface area contributed by atoms with E-state index in [2.05, 4.69) is 48.5 Å². The zero-order chi connectivity index (χ0) is 40.7. The van der Waals surface area contributed by atoms with Crippen molar-refractivity contribution in [1.82, 2.24) is 19.9 Å². The van der Waals surface area contributed by atoms with Crippen LogP contribution < -0.4 is 0 Å². The Bertz CT molecular complexity index is 2970.